The van der Waals surface area contributed by atoms with Crippen molar-refractivity contribution < 1.29 is 9.53 Å². The van der Waals surface area contributed by atoms with Crippen molar-refractivity contribution >= 4 is 6.09 Å². The molecule has 4 heteroatoms. The molecule has 1 aliphatic rings. The van der Waals surface area contributed by atoms with Gasteiger partial charge in [-0.3, -0.25) is 4.90 Å². The summed E-state index contributed by atoms with van der Waals surface area (Å²) in [4.78, 5) is 14.7. The summed E-state index contributed by atoms with van der Waals surface area (Å²) in [6.07, 6.45) is -0.310. The number of rotatable bonds is 3. The lowest BCUT2D eigenvalue weighted by atomic mass is 9.80. The normalized spacial score (nSPS) is 28.4. The Morgan fingerprint density at radius 1 is 1.21 bits per heavy atom. The molecule has 0 bridgehead atoms. The minimum Gasteiger partial charge on any atom is -0.444 e. The summed E-state index contributed by atoms with van der Waals surface area (Å²) in [5.74, 6) is 0.748. The van der Waals surface area contributed by atoms with Crippen molar-refractivity contribution in [3.05, 3.63) is 35.9 Å². The van der Waals surface area contributed by atoms with Crippen LogP contribution in [-0.4, -0.2) is 35.2 Å². The molecule has 1 amide bonds. The van der Waals surface area contributed by atoms with Gasteiger partial charge in [0.1, 0.15) is 5.60 Å². The second-order valence-corrected chi connectivity index (χ2v) is 8.16. The van der Waals surface area contributed by atoms with Crippen molar-refractivity contribution in [2.75, 3.05) is 6.54 Å². The van der Waals surface area contributed by atoms with E-state index in [0.29, 0.717) is 17.9 Å². The topological polar surface area (TPSA) is 41.6 Å². The maximum atomic E-state index is 12.2. The molecule has 1 saturated heterocycles. The molecule has 1 aromatic carbocycles. The van der Waals surface area contributed by atoms with Crippen LogP contribution in [0.4, 0.5) is 4.79 Å². The van der Waals surface area contributed by atoms with Crippen LogP contribution < -0.4 is 5.32 Å². The fourth-order valence-electron chi connectivity index (χ4n) is 3.54. The number of hydrogen-bond donors (Lipinski definition) is 1. The number of nitrogens with zero attached hydrogens (tertiary/aromatic N) is 1. The van der Waals surface area contributed by atoms with E-state index in [1.54, 1.807) is 0 Å². The number of carbonyl (C=O) groups is 1. The quantitative estimate of drug-likeness (QED) is 0.907. The van der Waals surface area contributed by atoms with Gasteiger partial charge in [0, 0.05) is 25.2 Å². The number of nitrogens with one attached hydrogen (secondary N) is 1. The van der Waals surface area contributed by atoms with Crippen molar-refractivity contribution in [2.45, 2.75) is 65.8 Å². The Balaban J connectivity index is 1.99. The molecule has 4 atom stereocenters. The minimum atomic E-state index is -0.462. The maximum Gasteiger partial charge on any atom is 0.407 e. The summed E-state index contributed by atoms with van der Waals surface area (Å²) >= 11 is 0. The monoisotopic (exact) mass is 332 g/mol. The molecule has 1 aromatic rings. The lowest BCUT2D eigenvalue weighted by Crippen LogP contribution is -2.58. The van der Waals surface area contributed by atoms with E-state index in [0.717, 1.165) is 13.1 Å². The fraction of sp³-hybridized carbons (Fsp3) is 0.650. The molecule has 0 aromatic heterocycles. The predicted molar refractivity (Wildman–Crippen MR) is 97.8 cm³/mol. The van der Waals surface area contributed by atoms with Crippen LogP contribution in [0.2, 0.25) is 0 Å². The van der Waals surface area contributed by atoms with E-state index >= 15 is 0 Å². The largest absolute Gasteiger partial charge is 0.444 e. The van der Waals surface area contributed by atoms with E-state index < -0.39 is 5.60 Å². The molecular formula is C20H32N2O2. The first kappa shape index (κ1) is 18.8. The maximum absolute atomic E-state index is 12.2. The third-order valence-corrected chi connectivity index (χ3v) is 4.95. The van der Waals surface area contributed by atoms with Crippen LogP contribution in [0.5, 0.6) is 0 Å². The lowest BCUT2D eigenvalue weighted by Gasteiger charge is -2.46. The summed E-state index contributed by atoms with van der Waals surface area (Å²) in [5.41, 5.74) is 0.873. The summed E-state index contributed by atoms with van der Waals surface area (Å²) in [6.45, 7) is 14.3. The molecule has 4 nitrogen and oxygen atoms in total. The lowest BCUT2D eigenvalue weighted by molar-refractivity contribution is 0.0202. The molecular weight excluding hydrogens is 300 g/mol. The molecule has 0 radical (unpaired) electrons. The fourth-order valence-corrected chi connectivity index (χ4v) is 3.54. The van der Waals surface area contributed by atoms with E-state index in [1.807, 2.05) is 20.8 Å². The van der Waals surface area contributed by atoms with Gasteiger partial charge in [0.05, 0.1) is 0 Å². The average molecular weight is 332 g/mol. The Hall–Kier alpha value is -1.55. The molecule has 0 saturated carbocycles. The van der Waals surface area contributed by atoms with Crippen molar-refractivity contribution in [2.24, 2.45) is 11.8 Å². The van der Waals surface area contributed by atoms with Crippen LogP contribution in [0.3, 0.4) is 0 Å². The second kappa shape index (κ2) is 7.56. The van der Waals surface area contributed by atoms with Gasteiger partial charge in [-0.05, 0) is 45.1 Å². The molecule has 0 aliphatic carbocycles. The van der Waals surface area contributed by atoms with Crippen LogP contribution in [0.1, 0.15) is 47.1 Å². The van der Waals surface area contributed by atoms with E-state index in [2.05, 4.69) is 61.3 Å². The average Bonchev–Trinajstić information content (AvgIpc) is 2.48. The molecule has 2 rings (SSSR count). The molecule has 1 fully saturated rings. The first-order valence-electron chi connectivity index (χ1n) is 8.95. The number of hydrogen-bond acceptors (Lipinski definition) is 3. The zero-order chi connectivity index (χ0) is 17.9. The zero-order valence-electron chi connectivity index (χ0n) is 15.9. The van der Waals surface area contributed by atoms with Gasteiger partial charge in [0.2, 0.25) is 0 Å². The second-order valence-electron chi connectivity index (χ2n) is 8.16. The van der Waals surface area contributed by atoms with Crippen molar-refractivity contribution in [1.29, 1.82) is 0 Å². The molecule has 1 N–H and O–H groups in total. The number of piperidine rings is 1. The van der Waals surface area contributed by atoms with Crippen LogP contribution >= 0.6 is 0 Å². The standard InChI is InChI=1S/C20H32N2O2/c1-14-12-22(13-17-10-8-7-9-11-17)16(3)15(2)18(14)21-19(23)24-20(4,5)6/h7-11,14-16,18H,12-13H2,1-6H3,(H,21,23)/t14-,15+,16-,18-/m1/s1. The Morgan fingerprint density at radius 2 is 1.83 bits per heavy atom. The molecule has 24 heavy (non-hydrogen) atoms. The van der Waals surface area contributed by atoms with Crippen LogP contribution in [0, 0.1) is 11.8 Å². The number of likely N-dealkylation sites (tertiary alicyclic amines) is 1. The van der Waals surface area contributed by atoms with E-state index in [1.165, 1.54) is 5.56 Å². The smallest absolute Gasteiger partial charge is 0.407 e. The third-order valence-electron chi connectivity index (χ3n) is 4.95. The van der Waals surface area contributed by atoms with Gasteiger partial charge >= 0.3 is 6.09 Å². The Kier molecular flexibility index (Phi) is 5.92. The van der Waals surface area contributed by atoms with Gasteiger partial charge in [0.15, 0.2) is 0 Å². The van der Waals surface area contributed by atoms with E-state index in [9.17, 15) is 4.79 Å². The Bertz CT molecular complexity index is 538. The first-order valence-corrected chi connectivity index (χ1v) is 8.95. The number of carbonyl (C=O) groups excluding carboxylic acids is 1. The number of amides is 1. The highest BCUT2D eigenvalue weighted by molar-refractivity contribution is 5.68. The van der Waals surface area contributed by atoms with E-state index in [-0.39, 0.29) is 12.1 Å². The molecule has 1 heterocycles. The van der Waals surface area contributed by atoms with Crippen LogP contribution in [-0.2, 0) is 11.3 Å². The molecule has 0 spiro atoms. The Morgan fingerprint density at radius 3 is 2.42 bits per heavy atom. The molecule has 134 valence electrons. The highest BCUT2D eigenvalue weighted by Crippen LogP contribution is 2.29. The third kappa shape index (κ3) is 4.97. The van der Waals surface area contributed by atoms with Crippen molar-refractivity contribution in [1.82, 2.24) is 10.2 Å². The van der Waals surface area contributed by atoms with Gasteiger partial charge in [-0.15, -0.1) is 0 Å². The summed E-state index contributed by atoms with van der Waals surface area (Å²) < 4.78 is 5.43. The molecule has 0 unspecified atom stereocenters. The highest BCUT2D eigenvalue weighted by Gasteiger charge is 2.38. The van der Waals surface area contributed by atoms with Gasteiger partial charge in [0.25, 0.3) is 0 Å². The number of benzene rings is 1. The first-order chi connectivity index (χ1) is 11.2. The van der Waals surface area contributed by atoms with Crippen molar-refractivity contribution in [3.8, 4) is 0 Å². The summed E-state index contributed by atoms with van der Waals surface area (Å²) in [7, 11) is 0. The van der Waals surface area contributed by atoms with Gasteiger partial charge < -0.3 is 10.1 Å². The summed E-state index contributed by atoms with van der Waals surface area (Å²) in [5, 5.41) is 3.10. The number of ether oxygens (including phenoxy) is 1. The van der Waals surface area contributed by atoms with Crippen LogP contribution in [0.25, 0.3) is 0 Å². The van der Waals surface area contributed by atoms with Gasteiger partial charge in [-0.2, -0.15) is 0 Å². The summed E-state index contributed by atoms with van der Waals surface area (Å²) in [6, 6.07) is 11.1. The minimum absolute atomic E-state index is 0.141. The Labute approximate surface area is 146 Å². The van der Waals surface area contributed by atoms with E-state index in [4.69, 9.17) is 4.74 Å². The van der Waals surface area contributed by atoms with Gasteiger partial charge in [-0.25, -0.2) is 4.79 Å². The van der Waals surface area contributed by atoms with Crippen molar-refractivity contribution in [3.63, 3.8) is 0 Å². The van der Waals surface area contributed by atoms with Crippen LogP contribution in [0.15, 0.2) is 30.3 Å². The number of alkyl carbamates (subject to hydrolysis) is 1. The SMILES string of the molecule is C[C@@H]1[C@H](NC(=O)OC(C)(C)C)[C@H](C)CN(Cc2ccccc2)[C@@H]1C. The highest BCUT2D eigenvalue weighted by atomic mass is 16.6. The van der Waals surface area contributed by atoms with Gasteiger partial charge in [-0.1, -0.05) is 44.2 Å². The zero-order valence-corrected chi connectivity index (χ0v) is 15.9. The molecule has 1 aliphatic heterocycles. The predicted octanol–water partition coefficient (Wildman–Crippen LogP) is 4.06.